The number of carbonyl (C=O) groups is 2. The van der Waals surface area contributed by atoms with Crippen LogP contribution >= 0.6 is 0 Å². The van der Waals surface area contributed by atoms with Crippen molar-refractivity contribution < 1.29 is 27.8 Å². The normalized spacial score (nSPS) is 60.3. The van der Waals surface area contributed by atoms with E-state index in [4.69, 9.17) is 9.47 Å². The maximum Gasteiger partial charge on any atom is 0.193 e. The van der Waals surface area contributed by atoms with E-state index in [1.54, 1.807) is 0 Å². The summed E-state index contributed by atoms with van der Waals surface area (Å²) in [6.07, 6.45) is 2.31. The number of alkyl halides is 2. The lowest BCUT2D eigenvalue weighted by Crippen LogP contribution is -2.71. The Balaban J connectivity index is 1.38. The van der Waals surface area contributed by atoms with Gasteiger partial charge in [-0.2, -0.15) is 0 Å². The molecule has 6 fully saturated rings. The topological polar surface area (TPSA) is 52.6 Å². The molecule has 4 saturated carbocycles. The highest BCUT2D eigenvalue weighted by atomic mass is 19.2. The molecule has 0 aromatic carbocycles. The molecule has 12 atom stereocenters. The Hall–Kier alpha value is -0.880. The van der Waals surface area contributed by atoms with Gasteiger partial charge in [0.2, 0.25) is 0 Å². The molecule has 0 bridgehead atoms. The Morgan fingerprint density at radius 2 is 1.79 bits per heavy atom. The number of ketones is 2. The largest absolute Gasteiger partial charge is 0.349 e. The summed E-state index contributed by atoms with van der Waals surface area (Å²) in [4.78, 5) is 26.0. The van der Waals surface area contributed by atoms with Gasteiger partial charge in [-0.05, 0) is 49.9 Å². The fourth-order valence-corrected chi connectivity index (χ4v) is 9.72. The molecule has 2 heterocycles. The molecule has 0 aromatic heterocycles. The Morgan fingerprint density at radius 1 is 1.03 bits per heavy atom. The average molecular weight is 465 g/mol. The number of ether oxygens (including phenoxy) is 2. The Morgan fingerprint density at radius 3 is 2.48 bits per heavy atom. The van der Waals surface area contributed by atoms with E-state index in [2.05, 4.69) is 13.8 Å². The van der Waals surface area contributed by atoms with E-state index in [1.165, 1.54) is 0 Å². The zero-order chi connectivity index (χ0) is 23.6. The number of fused-ring (bicyclic) bond motifs is 7. The molecule has 4 aliphatic carbocycles. The highest BCUT2D eigenvalue weighted by Crippen LogP contribution is 2.72. The van der Waals surface area contributed by atoms with Crippen LogP contribution in [0.4, 0.5) is 8.78 Å². The van der Waals surface area contributed by atoms with Gasteiger partial charge in [0.1, 0.15) is 5.78 Å². The molecule has 6 rings (SSSR count). The third-order valence-electron chi connectivity index (χ3n) is 11.7. The zero-order valence-corrected chi connectivity index (χ0v) is 20.4. The number of hydrogen-bond acceptors (Lipinski definition) is 4. The van der Waals surface area contributed by atoms with Crippen LogP contribution in [0.2, 0.25) is 0 Å². The third kappa shape index (κ3) is 2.53. The van der Waals surface area contributed by atoms with Crippen LogP contribution in [0, 0.1) is 46.3 Å². The van der Waals surface area contributed by atoms with Crippen molar-refractivity contribution in [3.05, 3.63) is 0 Å². The van der Waals surface area contributed by atoms with Gasteiger partial charge < -0.3 is 9.47 Å². The number of Topliss-reactive ketones (excluding diaryl/α,β-unsaturated/α-hetero) is 2. The quantitative estimate of drug-likeness (QED) is 0.493. The molecule has 0 radical (unpaired) electrons. The standard InChI is InChI=1S/C27H38F2O4/c1-14-7-10-26(32-13-14)15(2)21-20(33-26)12-19-18-6-5-16-11-17(30)8-9-24(16,3)27(18,29)22(28)23(31)25(19,21)4/h14-16,18-22H,5-13H2,1-4H3/t14-,15+,16?,18?,19?,20?,21?,22-,24+,25+,26-,27+/m1/s1. The first kappa shape index (κ1) is 22.6. The minimum absolute atomic E-state index is 0.0347. The fourth-order valence-electron chi connectivity index (χ4n) is 9.72. The molecule has 5 unspecified atom stereocenters. The molecule has 0 amide bonds. The molecular weight excluding hydrogens is 426 g/mol. The van der Waals surface area contributed by atoms with Crippen molar-refractivity contribution in [2.75, 3.05) is 6.61 Å². The number of hydrogen-bond donors (Lipinski definition) is 0. The summed E-state index contributed by atoms with van der Waals surface area (Å²) < 4.78 is 46.4. The lowest BCUT2D eigenvalue weighted by molar-refractivity contribution is -0.274. The molecule has 0 aromatic rings. The van der Waals surface area contributed by atoms with Gasteiger partial charge in [0.25, 0.3) is 0 Å². The van der Waals surface area contributed by atoms with Crippen LogP contribution in [-0.2, 0) is 19.1 Å². The zero-order valence-electron chi connectivity index (χ0n) is 20.4. The van der Waals surface area contributed by atoms with E-state index >= 15 is 8.78 Å². The summed E-state index contributed by atoms with van der Waals surface area (Å²) in [5.74, 6) is -1.72. The van der Waals surface area contributed by atoms with Gasteiger partial charge in [-0.25, -0.2) is 8.78 Å². The van der Waals surface area contributed by atoms with Crippen molar-refractivity contribution in [3.8, 4) is 0 Å². The van der Waals surface area contributed by atoms with E-state index in [0.29, 0.717) is 38.2 Å². The van der Waals surface area contributed by atoms with Crippen LogP contribution in [0.5, 0.6) is 0 Å². The van der Waals surface area contributed by atoms with Crippen molar-refractivity contribution in [3.63, 3.8) is 0 Å². The second-order valence-electron chi connectivity index (χ2n) is 12.9. The molecule has 1 spiro atoms. The van der Waals surface area contributed by atoms with Gasteiger partial charge >= 0.3 is 0 Å². The van der Waals surface area contributed by atoms with Crippen molar-refractivity contribution in [2.24, 2.45) is 46.3 Å². The number of rotatable bonds is 0. The lowest BCUT2D eigenvalue weighted by Gasteiger charge is -2.63. The molecular formula is C27H38F2O4. The molecule has 6 heteroatoms. The van der Waals surface area contributed by atoms with Crippen LogP contribution in [0.1, 0.15) is 79.1 Å². The second-order valence-corrected chi connectivity index (χ2v) is 12.9. The van der Waals surface area contributed by atoms with Crippen molar-refractivity contribution in [2.45, 2.75) is 103 Å². The Labute approximate surface area is 195 Å². The van der Waals surface area contributed by atoms with Gasteiger partial charge in [-0.15, -0.1) is 0 Å². The Bertz CT molecular complexity index is 883. The fraction of sp³-hybridized carbons (Fsp3) is 0.926. The van der Waals surface area contributed by atoms with E-state index in [9.17, 15) is 9.59 Å². The van der Waals surface area contributed by atoms with Crippen LogP contribution in [-0.4, -0.2) is 41.9 Å². The predicted octanol–water partition coefficient (Wildman–Crippen LogP) is 5.22. The third-order valence-corrected chi connectivity index (χ3v) is 11.7. The smallest absolute Gasteiger partial charge is 0.193 e. The van der Waals surface area contributed by atoms with E-state index in [1.807, 2.05) is 13.8 Å². The van der Waals surface area contributed by atoms with Crippen LogP contribution in [0.25, 0.3) is 0 Å². The summed E-state index contributed by atoms with van der Waals surface area (Å²) in [5.41, 5.74) is -4.10. The summed E-state index contributed by atoms with van der Waals surface area (Å²) in [6.45, 7) is 8.62. The summed E-state index contributed by atoms with van der Waals surface area (Å²) in [6, 6.07) is 0. The van der Waals surface area contributed by atoms with E-state index < -0.39 is 40.2 Å². The van der Waals surface area contributed by atoms with Gasteiger partial charge in [0, 0.05) is 47.8 Å². The highest BCUT2D eigenvalue weighted by Gasteiger charge is 2.79. The van der Waals surface area contributed by atoms with Crippen LogP contribution in [0.3, 0.4) is 0 Å². The molecule has 4 nitrogen and oxygen atoms in total. The number of carbonyl (C=O) groups excluding carboxylic acids is 2. The van der Waals surface area contributed by atoms with Crippen LogP contribution < -0.4 is 0 Å². The first-order valence-electron chi connectivity index (χ1n) is 13.2. The average Bonchev–Trinajstić information content (AvgIpc) is 3.22. The van der Waals surface area contributed by atoms with Gasteiger partial charge in [-0.1, -0.05) is 27.7 Å². The van der Waals surface area contributed by atoms with Crippen molar-refractivity contribution >= 4 is 11.6 Å². The predicted molar refractivity (Wildman–Crippen MR) is 118 cm³/mol. The summed E-state index contributed by atoms with van der Waals surface area (Å²) in [7, 11) is 0. The molecule has 6 aliphatic rings. The minimum Gasteiger partial charge on any atom is -0.349 e. The molecule has 2 aliphatic heterocycles. The second kappa shape index (κ2) is 6.87. The minimum atomic E-state index is -2.20. The Kier molecular flexibility index (Phi) is 4.70. The van der Waals surface area contributed by atoms with Crippen molar-refractivity contribution in [1.82, 2.24) is 0 Å². The lowest BCUT2D eigenvalue weighted by atomic mass is 9.42. The highest BCUT2D eigenvalue weighted by molar-refractivity contribution is 5.92. The van der Waals surface area contributed by atoms with Crippen molar-refractivity contribution in [1.29, 1.82) is 0 Å². The molecule has 2 saturated heterocycles. The van der Waals surface area contributed by atoms with Gasteiger partial charge in [-0.3, -0.25) is 9.59 Å². The maximum atomic E-state index is 17.2. The molecule has 0 N–H and O–H groups in total. The first-order valence-corrected chi connectivity index (χ1v) is 13.2. The summed E-state index contributed by atoms with van der Waals surface area (Å²) in [5, 5.41) is 0. The molecule has 33 heavy (non-hydrogen) atoms. The van der Waals surface area contributed by atoms with E-state index in [0.717, 1.165) is 19.3 Å². The van der Waals surface area contributed by atoms with E-state index in [-0.39, 0.29) is 42.0 Å². The monoisotopic (exact) mass is 464 g/mol. The maximum absolute atomic E-state index is 17.2. The van der Waals surface area contributed by atoms with Crippen LogP contribution in [0.15, 0.2) is 0 Å². The van der Waals surface area contributed by atoms with Gasteiger partial charge in [0.15, 0.2) is 23.4 Å². The number of halogens is 2. The summed E-state index contributed by atoms with van der Waals surface area (Å²) >= 11 is 0. The SMILES string of the molecule is C[C@@H]1CC[C@@]2(OC1)OC1CC3C4CCC5CC(=O)CC[C@]5(C)[C@@]4(F)[C@H](F)C(=O)[C@]3(C)C1[C@@H]2C. The first-order chi connectivity index (χ1) is 15.5. The van der Waals surface area contributed by atoms with Gasteiger partial charge in [0.05, 0.1) is 12.7 Å². The molecule has 184 valence electrons.